The van der Waals surface area contributed by atoms with Gasteiger partial charge in [0.15, 0.2) is 0 Å². The molecular weight excluding hydrogens is 230 g/mol. The van der Waals surface area contributed by atoms with Gasteiger partial charge < -0.3 is 14.8 Å². The van der Waals surface area contributed by atoms with Crippen molar-refractivity contribution in [1.82, 2.24) is 9.72 Å². The van der Waals surface area contributed by atoms with Gasteiger partial charge in [0.05, 0.1) is 11.2 Å². The maximum absolute atomic E-state index is 11.3. The van der Waals surface area contributed by atoms with Crippen LogP contribution in [-0.4, -0.2) is 9.72 Å². The van der Waals surface area contributed by atoms with Gasteiger partial charge in [0.1, 0.15) is 5.69 Å². The quantitative estimate of drug-likeness (QED) is 0.686. The van der Waals surface area contributed by atoms with Crippen LogP contribution in [0.4, 0.5) is 5.69 Å². The average Bonchev–Trinajstić information content (AvgIpc) is 2.83. The normalized spacial score (nSPS) is 11.2. The summed E-state index contributed by atoms with van der Waals surface area (Å²) in [6, 6.07) is 8.03. The van der Waals surface area contributed by atoms with Crippen LogP contribution in [0.2, 0.25) is 0 Å². The predicted octanol–water partition coefficient (Wildman–Crippen LogP) is 2.02. The van der Waals surface area contributed by atoms with Gasteiger partial charge in [-0.2, -0.15) is 5.16 Å². The summed E-state index contributed by atoms with van der Waals surface area (Å²) in [5.74, 6) is 0.387. The Bertz CT molecular complexity index is 792. The molecule has 0 atom stereocenters. The van der Waals surface area contributed by atoms with E-state index in [1.54, 1.807) is 0 Å². The number of hydrogen-bond acceptors (Lipinski definition) is 3. The molecule has 0 fully saturated rings. The van der Waals surface area contributed by atoms with E-state index in [4.69, 9.17) is 10.3 Å². The molecule has 0 aliphatic carbocycles. The van der Waals surface area contributed by atoms with E-state index in [0.29, 0.717) is 5.76 Å². The Balaban J connectivity index is 2.38. The Kier molecular flexibility index (Phi) is 2.10. The predicted molar refractivity (Wildman–Crippen MR) is 70.4 cm³/mol. The Morgan fingerprint density at radius 1 is 1.39 bits per heavy atom. The van der Waals surface area contributed by atoms with Gasteiger partial charge in [0.2, 0.25) is 5.76 Å². The van der Waals surface area contributed by atoms with E-state index in [9.17, 15) is 4.79 Å². The fraction of sp³-hybridized carbons (Fsp3) is 0.154. The summed E-state index contributed by atoms with van der Waals surface area (Å²) < 4.78 is 7.13. The number of H-pyrrole nitrogens is 1. The molecule has 2 heterocycles. The lowest BCUT2D eigenvalue weighted by atomic mass is 10.2. The van der Waals surface area contributed by atoms with Crippen molar-refractivity contribution in [3.05, 3.63) is 40.2 Å². The minimum atomic E-state index is -0.396. The number of anilines is 1. The number of aromatic nitrogens is 2. The summed E-state index contributed by atoms with van der Waals surface area (Å²) in [5.41, 5.74) is 8.48. The van der Waals surface area contributed by atoms with Crippen molar-refractivity contribution in [2.24, 2.45) is 7.05 Å². The van der Waals surface area contributed by atoms with E-state index in [1.807, 2.05) is 42.8 Å². The summed E-state index contributed by atoms with van der Waals surface area (Å²) in [6.45, 7) is 2.04. The molecule has 18 heavy (non-hydrogen) atoms. The molecule has 0 bridgehead atoms. The van der Waals surface area contributed by atoms with E-state index in [2.05, 4.69) is 5.16 Å². The number of rotatable bonds is 1. The maximum atomic E-state index is 11.3. The SMILES string of the molecule is Cc1cccc2cc(-c3o[nH]c(=O)c3N)n(C)c12. The summed E-state index contributed by atoms with van der Waals surface area (Å²) >= 11 is 0. The average molecular weight is 243 g/mol. The lowest BCUT2D eigenvalue weighted by Crippen LogP contribution is -2.05. The molecular formula is C13H13N3O2. The number of aryl methyl sites for hydroxylation is 2. The van der Waals surface area contributed by atoms with Gasteiger partial charge in [-0.15, -0.1) is 0 Å². The number of nitrogens with zero attached hydrogens (tertiary/aromatic N) is 1. The van der Waals surface area contributed by atoms with Crippen LogP contribution in [0.25, 0.3) is 22.4 Å². The Morgan fingerprint density at radius 3 is 2.78 bits per heavy atom. The molecule has 2 aromatic heterocycles. The zero-order valence-corrected chi connectivity index (χ0v) is 10.2. The molecule has 3 N–H and O–H groups in total. The summed E-state index contributed by atoms with van der Waals surface area (Å²) in [7, 11) is 1.93. The lowest BCUT2D eigenvalue weighted by Gasteiger charge is -2.03. The van der Waals surface area contributed by atoms with Gasteiger partial charge in [-0.05, 0) is 18.6 Å². The number of hydrogen-bond donors (Lipinski definition) is 2. The number of nitrogen functional groups attached to an aromatic ring is 1. The third-order valence-electron chi connectivity index (χ3n) is 3.23. The fourth-order valence-electron chi connectivity index (χ4n) is 2.34. The number of para-hydroxylation sites is 1. The molecule has 3 rings (SSSR count). The molecule has 5 heteroatoms. The Hall–Kier alpha value is -2.43. The first-order valence-electron chi connectivity index (χ1n) is 5.62. The lowest BCUT2D eigenvalue weighted by molar-refractivity contribution is 0.424. The summed E-state index contributed by atoms with van der Waals surface area (Å²) in [4.78, 5) is 11.3. The van der Waals surface area contributed by atoms with Crippen molar-refractivity contribution in [2.45, 2.75) is 6.92 Å². The highest BCUT2D eigenvalue weighted by Gasteiger charge is 2.17. The van der Waals surface area contributed by atoms with Crippen molar-refractivity contribution in [2.75, 3.05) is 5.73 Å². The molecule has 0 saturated carbocycles. The zero-order valence-electron chi connectivity index (χ0n) is 10.2. The van der Waals surface area contributed by atoms with Crippen molar-refractivity contribution in [3.8, 4) is 11.5 Å². The molecule has 0 unspecified atom stereocenters. The van der Waals surface area contributed by atoms with E-state index < -0.39 is 5.56 Å². The number of nitrogens with one attached hydrogen (secondary N) is 1. The number of fused-ring (bicyclic) bond motifs is 1. The molecule has 0 saturated heterocycles. The fourth-order valence-corrected chi connectivity index (χ4v) is 2.34. The second-order valence-corrected chi connectivity index (χ2v) is 4.38. The Morgan fingerprint density at radius 2 is 2.17 bits per heavy atom. The van der Waals surface area contributed by atoms with E-state index in [1.165, 1.54) is 0 Å². The topological polar surface area (TPSA) is 76.9 Å². The highest BCUT2D eigenvalue weighted by Crippen LogP contribution is 2.30. The highest BCUT2D eigenvalue weighted by atomic mass is 16.5. The molecule has 0 amide bonds. The molecule has 0 radical (unpaired) electrons. The smallest absolute Gasteiger partial charge is 0.303 e. The second-order valence-electron chi connectivity index (χ2n) is 4.38. The molecule has 0 aliphatic rings. The highest BCUT2D eigenvalue weighted by molar-refractivity contribution is 5.89. The standard InChI is InChI=1S/C13H13N3O2/c1-7-4-3-5-8-6-9(16(2)11(7)8)12-10(14)13(17)15-18-12/h3-6H,14H2,1-2H3,(H,15,17). The van der Waals surface area contributed by atoms with Crippen LogP contribution in [-0.2, 0) is 7.05 Å². The van der Waals surface area contributed by atoms with Gasteiger partial charge in [-0.1, -0.05) is 18.2 Å². The first-order chi connectivity index (χ1) is 8.59. The second kappa shape index (κ2) is 3.53. The largest absolute Gasteiger partial charge is 0.391 e. The van der Waals surface area contributed by atoms with Gasteiger partial charge >= 0.3 is 5.56 Å². The zero-order chi connectivity index (χ0) is 12.9. The molecule has 3 aromatic rings. The van der Waals surface area contributed by atoms with Gasteiger partial charge in [-0.25, -0.2) is 0 Å². The van der Waals surface area contributed by atoms with E-state index in [0.717, 1.165) is 22.2 Å². The summed E-state index contributed by atoms with van der Waals surface area (Å²) in [5, 5.41) is 3.35. The molecule has 1 aromatic carbocycles. The van der Waals surface area contributed by atoms with Crippen LogP contribution in [0, 0.1) is 6.92 Å². The van der Waals surface area contributed by atoms with Crippen LogP contribution in [0.5, 0.6) is 0 Å². The third kappa shape index (κ3) is 1.30. The van der Waals surface area contributed by atoms with Crippen LogP contribution >= 0.6 is 0 Å². The van der Waals surface area contributed by atoms with Crippen LogP contribution in [0.3, 0.4) is 0 Å². The number of benzene rings is 1. The summed E-state index contributed by atoms with van der Waals surface area (Å²) in [6.07, 6.45) is 0. The maximum Gasteiger partial charge on any atom is 0.303 e. The van der Waals surface area contributed by atoms with Crippen LogP contribution in [0.1, 0.15) is 5.56 Å². The van der Waals surface area contributed by atoms with Gasteiger partial charge in [0, 0.05) is 12.4 Å². The van der Waals surface area contributed by atoms with Crippen molar-refractivity contribution >= 4 is 16.6 Å². The van der Waals surface area contributed by atoms with E-state index in [-0.39, 0.29) is 5.69 Å². The molecule has 92 valence electrons. The van der Waals surface area contributed by atoms with Crippen molar-refractivity contribution in [3.63, 3.8) is 0 Å². The number of aromatic amines is 1. The van der Waals surface area contributed by atoms with Gasteiger partial charge in [-0.3, -0.25) is 4.79 Å². The molecule has 0 spiro atoms. The van der Waals surface area contributed by atoms with Crippen LogP contribution in [0.15, 0.2) is 33.6 Å². The first-order valence-corrected chi connectivity index (χ1v) is 5.62. The van der Waals surface area contributed by atoms with Crippen LogP contribution < -0.4 is 11.3 Å². The van der Waals surface area contributed by atoms with Crippen molar-refractivity contribution in [1.29, 1.82) is 0 Å². The third-order valence-corrected chi connectivity index (χ3v) is 3.23. The number of nitrogens with two attached hydrogens (primary N) is 1. The van der Waals surface area contributed by atoms with Crippen molar-refractivity contribution < 1.29 is 4.52 Å². The van der Waals surface area contributed by atoms with Gasteiger partial charge in [0.25, 0.3) is 0 Å². The first kappa shape index (κ1) is 10.7. The molecule has 5 nitrogen and oxygen atoms in total. The Labute approximate surface area is 103 Å². The molecule has 0 aliphatic heterocycles. The monoisotopic (exact) mass is 243 g/mol. The van der Waals surface area contributed by atoms with E-state index >= 15 is 0 Å². The minimum Gasteiger partial charge on any atom is -0.391 e. The minimum absolute atomic E-state index is 0.110.